The van der Waals surface area contributed by atoms with Crippen molar-refractivity contribution >= 4 is 11.6 Å². The molecular weight excluding hydrogens is 254 g/mol. The van der Waals surface area contributed by atoms with E-state index in [1.807, 2.05) is 28.8 Å². The maximum atomic E-state index is 12.0. The van der Waals surface area contributed by atoms with Crippen molar-refractivity contribution in [1.82, 2.24) is 14.4 Å². The monoisotopic (exact) mass is 267 g/mol. The fourth-order valence-corrected chi connectivity index (χ4v) is 2.14. The summed E-state index contributed by atoms with van der Waals surface area (Å²) in [4.78, 5) is 20.3. The number of ether oxygens (including phenoxy) is 1. The second-order valence-corrected chi connectivity index (χ2v) is 4.21. The molecule has 0 aliphatic carbocycles. The molecule has 0 aliphatic rings. The van der Waals surface area contributed by atoms with Gasteiger partial charge in [0.05, 0.1) is 12.3 Å². The van der Waals surface area contributed by atoms with Crippen LogP contribution in [0.15, 0.2) is 49.1 Å². The first kappa shape index (κ1) is 12.3. The first-order valence-corrected chi connectivity index (χ1v) is 6.35. The van der Waals surface area contributed by atoms with E-state index in [-0.39, 0.29) is 5.97 Å². The second kappa shape index (κ2) is 5.13. The highest BCUT2D eigenvalue weighted by molar-refractivity contribution is 5.98. The van der Waals surface area contributed by atoms with Crippen LogP contribution in [0.1, 0.15) is 17.3 Å². The number of hydrogen-bond donors (Lipinski definition) is 0. The van der Waals surface area contributed by atoms with Gasteiger partial charge in [0.25, 0.3) is 0 Å². The Labute approximate surface area is 115 Å². The summed E-state index contributed by atoms with van der Waals surface area (Å²) < 4.78 is 6.96. The van der Waals surface area contributed by atoms with Crippen molar-refractivity contribution < 1.29 is 9.53 Å². The van der Waals surface area contributed by atoms with Crippen LogP contribution in [0.3, 0.4) is 0 Å². The molecule has 0 bridgehead atoms. The molecule has 0 aromatic carbocycles. The first-order chi connectivity index (χ1) is 9.81. The lowest BCUT2D eigenvalue weighted by molar-refractivity contribution is 0.0528. The molecule has 3 rings (SSSR count). The fraction of sp³-hybridized carbons (Fsp3) is 0.133. The van der Waals surface area contributed by atoms with E-state index < -0.39 is 0 Å². The van der Waals surface area contributed by atoms with Gasteiger partial charge in [-0.05, 0) is 31.2 Å². The van der Waals surface area contributed by atoms with Gasteiger partial charge in [-0.25, -0.2) is 9.78 Å². The SMILES string of the molecule is CCOC(=O)c1cc(-c2ccncc2)n2cccnc12. The van der Waals surface area contributed by atoms with E-state index in [9.17, 15) is 4.79 Å². The van der Waals surface area contributed by atoms with E-state index in [1.165, 1.54) is 0 Å². The summed E-state index contributed by atoms with van der Waals surface area (Å²) in [5, 5.41) is 0. The lowest BCUT2D eigenvalue weighted by Crippen LogP contribution is -2.04. The van der Waals surface area contributed by atoms with Crippen LogP contribution in [0.5, 0.6) is 0 Å². The van der Waals surface area contributed by atoms with Gasteiger partial charge < -0.3 is 9.14 Å². The third kappa shape index (κ3) is 2.03. The Hall–Kier alpha value is -2.69. The molecular formula is C15H13N3O2. The minimum absolute atomic E-state index is 0.341. The molecule has 0 fully saturated rings. The van der Waals surface area contributed by atoms with Crippen molar-refractivity contribution in [2.45, 2.75) is 6.92 Å². The topological polar surface area (TPSA) is 56.5 Å². The molecule has 3 aromatic heterocycles. The minimum atomic E-state index is -0.357. The average molecular weight is 267 g/mol. The van der Waals surface area contributed by atoms with Crippen molar-refractivity contribution in [3.05, 3.63) is 54.6 Å². The molecule has 5 heteroatoms. The largest absolute Gasteiger partial charge is 0.462 e. The van der Waals surface area contributed by atoms with E-state index in [4.69, 9.17) is 4.74 Å². The fourth-order valence-electron chi connectivity index (χ4n) is 2.14. The highest BCUT2D eigenvalue weighted by atomic mass is 16.5. The second-order valence-electron chi connectivity index (χ2n) is 4.21. The molecule has 3 aromatic rings. The van der Waals surface area contributed by atoms with Crippen molar-refractivity contribution in [2.24, 2.45) is 0 Å². The van der Waals surface area contributed by atoms with Gasteiger partial charge in [0.15, 0.2) is 5.65 Å². The first-order valence-electron chi connectivity index (χ1n) is 6.35. The number of pyridine rings is 1. The zero-order valence-corrected chi connectivity index (χ0v) is 11.0. The van der Waals surface area contributed by atoms with Gasteiger partial charge in [-0.2, -0.15) is 0 Å². The van der Waals surface area contributed by atoms with Gasteiger partial charge in [-0.1, -0.05) is 0 Å². The molecule has 20 heavy (non-hydrogen) atoms. The summed E-state index contributed by atoms with van der Waals surface area (Å²) in [5.41, 5.74) is 2.93. The lowest BCUT2D eigenvalue weighted by atomic mass is 10.2. The van der Waals surface area contributed by atoms with Crippen LogP contribution in [0.4, 0.5) is 0 Å². The number of fused-ring (bicyclic) bond motifs is 1. The normalized spacial score (nSPS) is 10.7. The van der Waals surface area contributed by atoms with E-state index in [0.717, 1.165) is 11.3 Å². The summed E-state index contributed by atoms with van der Waals surface area (Å²) in [7, 11) is 0. The predicted molar refractivity (Wildman–Crippen MR) is 74.4 cm³/mol. The number of rotatable bonds is 3. The zero-order valence-electron chi connectivity index (χ0n) is 11.0. The highest BCUT2D eigenvalue weighted by Gasteiger charge is 2.17. The molecule has 5 nitrogen and oxygen atoms in total. The maximum absolute atomic E-state index is 12.0. The molecule has 0 unspecified atom stereocenters. The molecule has 0 atom stereocenters. The van der Waals surface area contributed by atoms with E-state index in [0.29, 0.717) is 17.8 Å². The van der Waals surface area contributed by atoms with E-state index in [2.05, 4.69) is 9.97 Å². The van der Waals surface area contributed by atoms with Crippen molar-refractivity contribution in [3.8, 4) is 11.3 Å². The molecule has 3 heterocycles. The van der Waals surface area contributed by atoms with E-state index in [1.54, 1.807) is 31.6 Å². The van der Waals surface area contributed by atoms with Gasteiger partial charge >= 0.3 is 5.97 Å². The number of carbonyl (C=O) groups excluding carboxylic acids is 1. The van der Waals surface area contributed by atoms with Crippen LogP contribution < -0.4 is 0 Å². The van der Waals surface area contributed by atoms with Gasteiger partial charge in [0, 0.05) is 30.4 Å². The highest BCUT2D eigenvalue weighted by Crippen LogP contribution is 2.25. The third-order valence-corrected chi connectivity index (χ3v) is 3.00. The standard InChI is InChI=1S/C15H13N3O2/c1-2-20-15(19)12-10-13(11-4-7-16-8-5-11)18-9-3-6-17-14(12)18/h3-10H,2H2,1H3. The minimum Gasteiger partial charge on any atom is -0.462 e. The number of carbonyl (C=O) groups is 1. The summed E-state index contributed by atoms with van der Waals surface area (Å²) in [6.45, 7) is 2.13. The Morgan fingerprint density at radius 3 is 2.85 bits per heavy atom. The predicted octanol–water partition coefficient (Wildman–Crippen LogP) is 2.57. The lowest BCUT2D eigenvalue weighted by Gasteiger charge is -2.01. The quantitative estimate of drug-likeness (QED) is 0.684. The Morgan fingerprint density at radius 2 is 2.10 bits per heavy atom. The van der Waals surface area contributed by atoms with Gasteiger partial charge in [-0.3, -0.25) is 4.98 Å². The number of nitrogens with zero attached hydrogens (tertiary/aromatic N) is 3. The van der Waals surface area contributed by atoms with Crippen LogP contribution in [0.2, 0.25) is 0 Å². The van der Waals surface area contributed by atoms with Gasteiger partial charge in [0.2, 0.25) is 0 Å². The van der Waals surface area contributed by atoms with Crippen molar-refractivity contribution in [2.75, 3.05) is 6.61 Å². The summed E-state index contributed by atoms with van der Waals surface area (Å²) in [5.74, 6) is -0.357. The Balaban J connectivity index is 2.22. The van der Waals surface area contributed by atoms with Crippen LogP contribution >= 0.6 is 0 Å². The van der Waals surface area contributed by atoms with Crippen molar-refractivity contribution in [3.63, 3.8) is 0 Å². The number of esters is 1. The molecule has 0 aliphatic heterocycles. The Bertz CT molecular complexity index is 750. The average Bonchev–Trinajstić information content (AvgIpc) is 2.88. The number of aromatic nitrogens is 3. The van der Waals surface area contributed by atoms with Crippen LogP contribution in [0, 0.1) is 0 Å². The summed E-state index contributed by atoms with van der Waals surface area (Å²) >= 11 is 0. The Kier molecular flexibility index (Phi) is 3.16. The van der Waals surface area contributed by atoms with Crippen LogP contribution in [-0.2, 0) is 4.74 Å². The van der Waals surface area contributed by atoms with E-state index >= 15 is 0 Å². The van der Waals surface area contributed by atoms with Crippen molar-refractivity contribution in [1.29, 1.82) is 0 Å². The van der Waals surface area contributed by atoms with Crippen LogP contribution in [-0.4, -0.2) is 26.9 Å². The third-order valence-electron chi connectivity index (χ3n) is 3.00. The van der Waals surface area contributed by atoms with Gasteiger partial charge in [-0.15, -0.1) is 0 Å². The molecule has 0 N–H and O–H groups in total. The van der Waals surface area contributed by atoms with Gasteiger partial charge in [0.1, 0.15) is 5.56 Å². The molecule has 0 amide bonds. The van der Waals surface area contributed by atoms with Crippen LogP contribution in [0.25, 0.3) is 16.9 Å². The summed E-state index contributed by atoms with van der Waals surface area (Å²) in [6.07, 6.45) is 6.97. The smallest absolute Gasteiger partial charge is 0.342 e. The summed E-state index contributed by atoms with van der Waals surface area (Å²) in [6, 6.07) is 7.41. The molecule has 100 valence electrons. The maximum Gasteiger partial charge on any atom is 0.342 e. The molecule has 0 radical (unpaired) electrons. The molecule has 0 saturated carbocycles. The Morgan fingerprint density at radius 1 is 1.30 bits per heavy atom. The molecule has 0 spiro atoms. The number of hydrogen-bond acceptors (Lipinski definition) is 4. The zero-order chi connectivity index (χ0) is 13.9. The molecule has 0 saturated heterocycles.